The maximum absolute atomic E-state index is 13.6. The molecule has 0 aliphatic rings. The molecule has 0 unspecified atom stereocenters. The van der Waals surface area contributed by atoms with E-state index in [2.05, 4.69) is 32.6 Å². The second-order valence-electron chi connectivity index (χ2n) is 7.23. The smallest absolute Gasteiger partial charge is 0.206 e. The average molecular weight is 457 g/mol. The normalized spacial score (nSPS) is 12.0. The molecule has 5 rings (SSSR count). The van der Waals surface area contributed by atoms with Gasteiger partial charge in [0.2, 0.25) is 5.13 Å². The number of carbonyl (C=O) groups excluding carboxylic acids is 1. The summed E-state index contributed by atoms with van der Waals surface area (Å²) in [6.07, 6.45) is 1.80. The van der Waals surface area contributed by atoms with Crippen molar-refractivity contribution in [3.8, 4) is 0 Å². The molecule has 0 saturated carbocycles. The fourth-order valence-corrected chi connectivity index (χ4v) is 5.53. The van der Waals surface area contributed by atoms with Crippen LogP contribution in [0, 0.1) is 0 Å². The first-order valence-electron chi connectivity index (χ1n) is 10.2. The molecule has 2 aromatic heterocycles. The van der Waals surface area contributed by atoms with Crippen molar-refractivity contribution >= 4 is 44.9 Å². The van der Waals surface area contributed by atoms with Crippen LogP contribution in [-0.2, 0) is 6.54 Å². The van der Waals surface area contributed by atoms with E-state index in [-0.39, 0.29) is 5.78 Å². The number of aromatic amines is 1. The Bertz CT molecular complexity index is 1330. The topological polar surface area (TPSA) is 70.7 Å². The molecule has 5 aromatic rings. The second-order valence-corrected chi connectivity index (χ2v) is 9.56. The van der Waals surface area contributed by atoms with Crippen molar-refractivity contribution in [3.63, 3.8) is 0 Å². The molecule has 0 amide bonds. The molecule has 3 aromatic carbocycles. The fraction of sp³-hybridized carbons (Fsp3) is 0.0800. The number of hydrogen-bond donors (Lipinski definition) is 2. The largest absolute Gasteiger partial charge is 0.360 e. The highest BCUT2D eigenvalue weighted by Crippen LogP contribution is 2.40. The highest BCUT2D eigenvalue weighted by Gasteiger charge is 2.27. The number of carbonyl (C=O) groups is 1. The molecular formula is C25H20N4OS2. The van der Waals surface area contributed by atoms with E-state index in [9.17, 15) is 4.79 Å². The maximum Gasteiger partial charge on any atom is 0.206 e. The molecular weight excluding hydrogens is 436 g/mol. The number of aromatic nitrogens is 3. The van der Waals surface area contributed by atoms with Crippen molar-refractivity contribution in [1.82, 2.24) is 15.2 Å². The van der Waals surface area contributed by atoms with E-state index in [4.69, 9.17) is 0 Å². The number of anilines is 1. The molecule has 0 aliphatic carbocycles. The van der Waals surface area contributed by atoms with Gasteiger partial charge in [0.25, 0.3) is 0 Å². The van der Waals surface area contributed by atoms with Crippen LogP contribution in [0.5, 0.6) is 0 Å². The summed E-state index contributed by atoms with van der Waals surface area (Å²) in [5.74, 6) is 0.0487. The van der Waals surface area contributed by atoms with Crippen molar-refractivity contribution in [2.75, 3.05) is 5.32 Å². The van der Waals surface area contributed by atoms with Gasteiger partial charge in [0.1, 0.15) is 5.25 Å². The first-order chi connectivity index (χ1) is 15.8. The lowest BCUT2D eigenvalue weighted by Crippen LogP contribution is -2.09. The number of nitrogens with zero attached hydrogens (tertiary/aromatic N) is 2. The molecule has 2 N–H and O–H groups in total. The van der Waals surface area contributed by atoms with Crippen LogP contribution in [0.4, 0.5) is 5.13 Å². The van der Waals surface area contributed by atoms with E-state index in [1.807, 2.05) is 72.8 Å². The lowest BCUT2D eigenvalue weighted by molar-refractivity contribution is 0.0991. The van der Waals surface area contributed by atoms with Gasteiger partial charge in [-0.25, -0.2) is 0 Å². The fourth-order valence-electron chi connectivity index (χ4n) is 3.52. The van der Waals surface area contributed by atoms with Crippen LogP contribution in [0.15, 0.2) is 95.5 Å². The Balaban J connectivity index is 1.39. The summed E-state index contributed by atoms with van der Waals surface area (Å²) >= 11 is 2.90. The van der Waals surface area contributed by atoms with Gasteiger partial charge in [-0.1, -0.05) is 102 Å². The van der Waals surface area contributed by atoms with Crippen molar-refractivity contribution in [3.05, 3.63) is 108 Å². The van der Waals surface area contributed by atoms with Gasteiger partial charge in [0, 0.05) is 29.2 Å². The number of ketones is 1. The van der Waals surface area contributed by atoms with E-state index < -0.39 is 5.25 Å². The molecule has 5 nitrogen and oxygen atoms in total. The number of H-pyrrole nitrogens is 1. The number of benzene rings is 3. The van der Waals surface area contributed by atoms with Gasteiger partial charge in [-0.05, 0) is 17.2 Å². The molecule has 0 radical (unpaired) electrons. The summed E-state index contributed by atoms with van der Waals surface area (Å²) in [6, 6.07) is 27.9. The molecule has 1 atom stereocenters. The van der Waals surface area contributed by atoms with Gasteiger partial charge in [-0.3, -0.25) is 4.79 Å². The maximum atomic E-state index is 13.6. The zero-order chi connectivity index (χ0) is 21.8. The molecule has 158 valence electrons. The third-order valence-electron chi connectivity index (χ3n) is 5.11. The molecule has 0 saturated heterocycles. The van der Waals surface area contributed by atoms with Gasteiger partial charge in [-0.15, -0.1) is 10.2 Å². The quantitative estimate of drug-likeness (QED) is 0.210. The van der Waals surface area contributed by atoms with E-state index in [0.29, 0.717) is 12.1 Å². The Kier molecular flexibility index (Phi) is 6.00. The van der Waals surface area contributed by atoms with Crippen LogP contribution in [0.25, 0.3) is 10.9 Å². The summed E-state index contributed by atoms with van der Waals surface area (Å²) in [5.41, 5.74) is 3.76. The van der Waals surface area contributed by atoms with Crippen molar-refractivity contribution in [2.24, 2.45) is 0 Å². The SMILES string of the molecule is O=C(c1c[nH]c2ccccc12)[C@H](Sc1nnc(NCc2ccccc2)s1)c1ccccc1. The van der Waals surface area contributed by atoms with Crippen LogP contribution < -0.4 is 5.32 Å². The predicted octanol–water partition coefficient (Wildman–Crippen LogP) is 6.35. The van der Waals surface area contributed by atoms with Crippen molar-refractivity contribution < 1.29 is 4.79 Å². The van der Waals surface area contributed by atoms with Gasteiger partial charge >= 0.3 is 0 Å². The number of nitrogens with one attached hydrogen (secondary N) is 2. The van der Waals surface area contributed by atoms with E-state index in [0.717, 1.165) is 25.9 Å². The first-order valence-corrected chi connectivity index (χ1v) is 11.9. The van der Waals surface area contributed by atoms with Crippen molar-refractivity contribution in [2.45, 2.75) is 16.1 Å². The molecule has 2 heterocycles. The average Bonchev–Trinajstić information content (AvgIpc) is 3.49. The highest BCUT2D eigenvalue weighted by molar-refractivity contribution is 8.02. The Hall–Kier alpha value is -3.42. The van der Waals surface area contributed by atoms with Crippen LogP contribution in [-0.4, -0.2) is 21.0 Å². The zero-order valence-electron chi connectivity index (χ0n) is 17.1. The molecule has 0 bridgehead atoms. The second kappa shape index (κ2) is 9.38. The van der Waals surface area contributed by atoms with Gasteiger partial charge < -0.3 is 10.3 Å². The molecule has 32 heavy (non-hydrogen) atoms. The number of thioether (sulfide) groups is 1. The van der Waals surface area contributed by atoms with Crippen molar-refractivity contribution in [1.29, 1.82) is 0 Å². The minimum atomic E-state index is -0.412. The third kappa shape index (κ3) is 4.44. The summed E-state index contributed by atoms with van der Waals surface area (Å²) in [5, 5.41) is 13.2. The Morgan fingerprint density at radius 1 is 0.938 bits per heavy atom. The Morgan fingerprint density at radius 2 is 1.66 bits per heavy atom. The molecule has 0 aliphatic heterocycles. The van der Waals surface area contributed by atoms with Crippen LogP contribution in [0.2, 0.25) is 0 Å². The van der Waals surface area contributed by atoms with E-state index >= 15 is 0 Å². The van der Waals surface area contributed by atoms with E-state index in [1.54, 1.807) is 6.20 Å². The zero-order valence-corrected chi connectivity index (χ0v) is 18.7. The number of hydrogen-bond acceptors (Lipinski definition) is 6. The number of para-hydroxylation sites is 1. The number of Topliss-reactive ketones (excluding diaryl/α,β-unsaturated/α-hetero) is 1. The minimum absolute atomic E-state index is 0.0487. The van der Waals surface area contributed by atoms with Gasteiger partial charge in [-0.2, -0.15) is 0 Å². The highest BCUT2D eigenvalue weighted by atomic mass is 32.2. The van der Waals surface area contributed by atoms with Crippen LogP contribution >= 0.6 is 23.1 Å². The Morgan fingerprint density at radius 3 is 2.47 bits per heavy atom. The number of rotatable bonds is 8. The summed E-state index contributed by atoms with van der Waals surface area (Å²) in [7, 11) is 0. The predicted molar refractivity (Wildman–Crippen MR) is 131 cm³/mol. The minimum Gasteiger partial charge on any atom is -0.360 e. The molecule has 0 fully saturated rings. The summed E-state index contributed by atoms with van der Waals surface area (Å²) in [6.45, 7) is 0.677. The summed E-state index contributed by atoms with van der Waals surface area (Å²) < 4.78 is 0.752. The standard InChI is InChI=1S/C25H20N4OS2/c30-22(20-16-26-21-14-8-7-13-19(20)21)23(18-11-5-2-6-12-18)31-25-29-28-24(32-25)27-15-17-9-3-1-4-10-17/h1-14,16,23,26H,15H2,(H,27,28)/t23-/m1/s1. The summed E-state index contributed by atoms with van der Waals surface area (Å²) in [4.78, 5) is 16.9. The van der Waals surface area contributed by atoms with Gasteiger partial charge in [0.15, 0.2) is 10.1 Å². The monoisotopic (exact) mass is 456 g/mol. The third-order valence-corrected chi connectivity index (χ3v) is 7.33. The number of fused-ring (bicyclic) bond motifs is 1. The molecule has 0 spiro atoms. The first kappa shape index (κ1) is 20.5. The van der Waals surface area contributed by atoms with Crippen LogP contribution in [0.3, 0.4) is 0 Å². The Labute approximate surface area is 193 Å². The molecule has 7 heteroatoms. The van der Waals surface area contributed by atoms with Gasteiger partial charge in [0.05, 0.1) is 0 Å². The lowest BCUT2D eigenvalue weighted by atomic mass is 10.0. The van der Waals surface area contributed by atoms with E-state index in [1.165, 1.54) is 28.7 Å². The lowest BCUT2D eigenvalue weighted by Gasteiger charge is -2.14. The van der Waals surface area contributed by atoms with Crippen LogP contribution in [0.1, 0.15) is 26.7 Å².